The van der Waals surface area contributed by atoms with Gasteiger partial charge < -0.3 is 5.73 Å². The van der Waals surface area contributed by atoms with Crippen LogP contribution in [-0.4, -0.2) is 15.0 Å². The first-order valence-electron chi connectivity index (χ1n) is 6.00. The van der Waals surface area contributed by atoms with E-state index in [0.717, 1.165) is 14.9 Å². The molecule has 3 N–H and O–H groups in total. The van der Waals surface area contributed by atoms with Gasteiger partial charge in [0.25, 0.3) is 10.0 Å². The lowest BCUT2D eigenvalue weighted by Gasteiger charge is -2.09. The molecule has 1 aromatic carbocycles. The Balaban J connectivity index is 2.28. The second-order valence-electron chi connectivity index (χ2n) is 4.32. The molecule has 2 aromatic rings. The Morgan fingerprint density at radius 2 is 2.05 bits per heavy atom. The van der Waals surface area contributed by atoms with E-state index < -0.39 is 10.0 Å². The molecule has 108 valence electrons. The lowest BCUT2D eigenvalue weighted by molar-refractivity contribution is 0.603. The van der Waals surface area contributed by atoms with E-state index in [-0.39, 0.29) is 0 Å². The van der Waals surface area contributed by atoms with Crippen LogP contribution in [0, 0.1) is 6.92 Å². The highest BCUT2D eigenvalue weighted by atomic mass is 79.9. The summed E-state index contributed by atoms with van der Waals surface area (Å²) in [7, 11) is -3.54. The fourth-order valence-corrected chi connectivity index (χ4v) is 4.53. The molecular formula is C13H15BrN2O2S2. The van der Waals surface area contributed by atoms with Crippen molar-refractivity contribution < 1.29 is 8.42 Å². The molecule has 0 aliphatic rings. The highest BCUT2D eigenvalue weighted by Crippen LogP contribution is 2.27. The minimum absolute atomic E-state index is 0.306. The van der Waals surface area contributed by atoms with E-state index in [4.69, 9.17) is 5.73 Å². The molecule has 2 rings (SSSR count). The van der Waals surface area contributed by atoms with E-state index in [9.17, 15) is 8.42 Å². The summed E-state index contributed by atoms with van der Waals surface area (Å²) in [4.78, 5) is 0.971. The van der Waals surface area contributed by atoms with E-state index in [2.05, 4.69) is 20.7 Å². The summed E-state index contributed by atoms with van der Waals surface area (Å²) in [6.45, 7) is 2.37. The van der Waals surface area contributed by atoms with Crippen molar-refractivity contribution in [1.29, 1.82) is 0 Å². The van der Waals surface area contributed by atoms with Crippen molar-refractivity contribution >= 4 is 43.0 Å². The monoisotopic (exact) mass is 374 g/mol. The van der Waals surface area contributed by atoms with Crippen LogP contribution in [0.5, 0.6) is 0 Å². The molecule has 0 bridgehead atoms. The van der Waals surface area contributed by atoms with E-state index in [1.165, 1.54) is 11.3 Å². The van der Waals surface area contributed by atoms with E-state index >= 15 is 0 Å². The van der Waals surface area contributed by atoms with Crippen LogP contribution in [0.2, 0.25) is 0 Å². The maximum absolute atomic E-state index is 12.3. The summed E-state index contributed by atoms with van der Waals surface area (Å²) < 4.78 is 28.4. The molecule has 4 nitrogen and oxygen atoms in total. The Bertz CT molecular complexity index is 711. The van der Waals surface area contributed by atoms with Gasteiger partial charge in [-0.25, -0.2) is 8.42 Å². The standard InChI is InChI=1S/C13H15BrN2O2S2/c1-9-2-3-10(14)8-12(9)16-20(17,18)13-5-4-11(19-13)6-7-15/h2-5,8,16H,6-7,15H2,1H3. The first-order valence-corrected chi connectivity index (χ1v) is 9.09. The average molecular weight is 375 g/mol. The fraction of sp³-hybridized carbons (Fsp3) is 0.231. The third kappa shape index (κ3) is 3.60. The first kappa shape index (κ1) is 15.5. The second-order valence-corrected chi connectivity index (χ2v) is 8.32. The van der Waals surface area contributed by atoms with Gasteiger partial charge in [0.05, 0.1) is 5.69 Å². The summed E-state index contributed by atoms with van der Waals surface area (Å²) in [5.41, 5.74) is 6.92. The summed E-state index contributed by atoms with van der Waals surface area (Å²) in [5.74, 6) is 0. The molecule has 0 aliphatic carbocycles. The Labute approximate surface area is 131 Å². The highest BCUT2D eigenvalue weighted by molar-refractivity contribution is 9.10. The predicted molar refractivity (Wildman–Crippen MR) is 86.8 cm³/mol. The second kappa shape index (κ2) is 6.26. The Hall–Kier alpha value is -0.890. The number of anilines is 1. The molecule has 0 saturated heterocycles. The average Bonchev–Trinajstić information content (AvgIpc) is 2.83. The third-order valence-electron chi connectivity index (χ3n) is 2.74. The Kier molecular flexibility index (Phi) is 4.85. The van der Waals surface area contributed by atoms with E-state index in [1.807, 2.05) is 19.1 Å². The molecule has 0 amide bonds. The van der Waals surface area contributed by atoms with Gasteiger partial charge in [0.15, 0.2) is 0 Å². The molecule has 1 heterocycles. The number of nitrogens with one attached hydrogen (secondary N) is 1. The lowest BCUT2D eigenvalue weighted by Crippen LogP contribution is -2.12. The third-order valence-corrected chi connectivity index (χ3v) is 6.23. The van der Waals surface area contributed by atoms with Crippen molar-refractivity contribution in [1.82, 2.24) is 0 Å². The van der Waals surface area contributed by atoms with Gasteiger partial charge in [0.1, 0.15) is 4.21 Å². The number of aryl methyl sites for hydroxylation is 1. The van der Waals surface area contributed by atoms with Gasteiger partial charge >= 0.3 is 0 Å². The number of hydrogen-bond donors (Lipinski definition) is 2. The molecule has 0 aliphatic heterocycles. The van der Waals surface area contributed by atoms with Gasteiger partial charge in [-0.05, 0) is 49.7 Å². The molecule has 0 saturated carbocycles. The van der Waals surface area contributed by atoms with Gasteiger partial charge in [-0.1, -0.05) is 22.0 Å². The SMILES string of the molecule is Cc1ccc(Br)cc1NS(=O)(=O)c1ccc(CCN)s1. The summed E-state index contributed by atoms with van der Waals surface area (Å²) in [5, 5.41) is 0. The largest absolute Gasteiger partial charge is 0.330 e. The van der Waals surface area contributed by atoms with E-state index in [1.54, 1.807) is 18.2 Å². The molecule has 0 unspecified atom stereocenters. The summed E-state index contributed by atoms with van der Waals surface area (Å²) in [6, 6.07) is 8.90. The van der Waals surface area contributed by atoms with Gasteiger partial charge in [0, 0.05) is 9.35 Å². The highest BCUT2D eigenvalue weighted by Gasteiger charge is 2.17. The van der Waals surface area contributed by atoms with Crippen molar-refractivity contribution in [2.24, 2.45) is 5.73 Å². The number of thiophene rings is 1. The number of rotatable bonds is 5. The number of sulfonamides is 1. The molecule has 7 heteroatoms. The van der Waals surface area contributed by atoms with Crippen molar-refractivity contribution in [3.8, 4) is 0 Å². The molecule has 0 spiro atoms. The number of benzene rings is 1. The molecule has 0 fully saturated rings. The zero-order valence-corrected chi connectivity index (χ0v) is 14.1. The quantitative estimate of drug-likeness (QED) is 0.844. The maximum Gasteiger partial charge on any atom is 0.271 e. The summed E-state index contributed by atoms with van der Waals surface area (Å²) in [6.07, 6.45) is 0.691. The number of nitrogens with two attached hydrogens (primary N) is 1. The number of halogens is 1. The van der Waals surface area contributed by atoms with Gasteiger partial charge in [-0.15, -0.1) is 11.3 Å². The first-order chi connectivity index (χ1) is 9.42. The van der Waals surface area contributed by atoms with Crippen molar-refractivity contribution in [2.45, 2.75) is 17.6 Å². The van der Waals surface area contributed by atoms with Crippen molar-refractivity contribution in [2.75, 3.05) is 11.3 Å². The Morgan fingerprint density at radius 3 is 2.75 bits per heavy atom. The molecule has 1 aromatic heterocycles. The van der Waals surface area contributed by atoms with Gasteiger partial charge in [0.2, 0.25) is 0 Å². The fourth-order valence-electron chi connectivity index (χ4n) is 1.68. The van der Waals surface area contributed by atoms with Crippen LogP contribution in [0.4, 0.5) is 5.69 Å². The normalized spacial score (nSPS) is 11.6. The molecule has 0 atom stereocenters. The zero-order chi connectivity index (χ0) is 14.8. The Morgan fingerprint density at radius 1 is 1.30 bits per heavy atom. The van der Waals surface area contributed by atoms with Crippen LogP contribution in [0.3, 0.4) is 0 Å². The smallest absolute Gasteiger partial charge is 0.271 e. The molecule has 20 heavy (non-hydrogen) atoms. The topological polar surface area (TPSA) is 72.2 Å². The predicted octanol–water partition coefficient (Wildman–Crippen LogP) is 3.12. The van der Waals surface area contributed by atoms with Gasteiger partial charge in [-0.2, -0.15) is 0 Å². The van der Waals surface area contributed by atoms with Crippen molar-refractivity contribution in [3.63, 3.8) is 0 Å². The molecule has 0 radical (unpaired) electrons. The maximum atomic E-state index is 12.3. The minimum atomic E-state index is -3.54. The van der Waals surface area contributed by atoms with Crippen LogP contribution in [0.25, 0.3) is 0 Å². The van der Waals surface area contributed by atoms with E-state index in [0.29, 0.717) is 22.9 Å². The van der Waals surface area contributed by atoms with Crippen LogP contribution in [0.15, 0.2) is 39.0 Å². The van der Waals surface area contributed by atoms with Crippen LogP contribution in [-0.2, 0) is 16.4 Å². The lowest BCUT2D eigenvalue weighted by atomic mass is 10.2. The minimum Gasteiger partial charge on any atom is -0.330 e. The van der Waals surface area contributed by atoms with Crippen LogP contribution < -0.4 is 10.5 Å². The van der Waals surface area contributed by atoms with Crippen LogP contribution >= 0.6 is 27.3 Å². The number of hydrogen-bond acceptors (Lipinski definition) is 4. The zero-order valence-electron chi connectivity index (χ0n) is 10.9. The molecular weight excluding hydrogens is 360 g/mol. The summed E-state index contributed by atoms with van der Waals surface area (Å²) >= 11 is 4.59. The van der Waals surface area contributed by atoms with Crippen molar-refractivity contribution in [3.05, 3.63) is 45.2 Å². The van der Waals surface area contributed by atoms with Gasteiger partial charge in [-0.3, -0.25) is 4.72 Å². The van der Waals surface area contributed by atoms with Crippen LogP contribution in [0.1, 0.15) is 10.4 Å².